The minimum atomic E-state index is -0.992. The van der Waals surface area contributed by atoms with Gasteiger partial charge in [-0.3, -0.25) is 4.90 Å². The fourth-order valence-corrected chi connectivity index (χ4v) is 2.96. The predicted octanol–water partition coefficient (Wildman–Crippen LogP) is 2.95. The topological polar surface area (TPSA) is 76.1 Å². The molecule has 1 amide bonds. The first-order valence-corrected chi connectivity index (χ1v) is 8.05. The van der Waals surface area contributed by atoms with Crippen molar-refractivity contribution in [2.24, 2.45) is 5.92 Å². The van der Waals surface area contributed by atoms with Crippen molar-refractivity contribution in [3.05, 3.63) is 29.8 Å². The number of amides is 1. The maximum atomic E-state index is 12.3. The molecule has 1 N–H and O–H groups in total. The van der Waals surface area contributed by atoms with Crippen LogP contribution in [0.3, 0.4) is 0 Å². The van der Waals surface area contributed by atoms with Crippen molar-refractivity contribution in [2.45, 2.75) is 45.3 Å². The number of hydrogen-bond acceptors (Lipinski definition) is 4. The number of benzene rings is 1. The smallest absolute Gasteiger partial charge is 0.411 e. The Morgan fingerprint density at radius 3 is 2.62 bits per heavy atom. The summed E-state index contributed by atoms with van der Waals surface area (Å²) in [5.74, 6) is -0.149. The number of carbonyl (C=O) groups is 2. The second kappa shape index (κ2) is 7.11. The van der Waals surface area contributed by atoms with Crippen molar-refractivity contribution in [3.8, 4) is 5.75 Å². The van der Waals surface area contributed by atoms with E-state index in [0.717, 1.165) is 11.3 Å². The lowest BCUT2D eigenvalue weighted by atomic mass is 9.96. The number of carboxylic acid groups (broad SMARTS) is 1. The fraction of sp³-hybridized carbons (Fsp3) is 0.556. The monoisotopic (exact) mass is 335 g/mol. The minimum absolute atomic E-state index is 0.0747. The van der Waals surface area contributed by atoms with E-state index in [1.54, 1.807) is 27.9 Å². The van der Waals surface area contributed by atoms with Crippen LogP contribution < -0.4 is 4.74 Å². The van der Waals surface area contributed by atoms with Crippen molar-refractivity contribution in [1.29, 1.82) is 0 Å². The Balaban J connectivity index is 2.08. The minimum Gasteiger partial charge on any atom is -0.497 e. The van der Waals surface area contributed by atoms with Crippen LogP contribution >= 0.6 is 0 Å². The fourth-order valence-electron chi connectivity index (χ4n) is 2.96. The summed E-state index contributed by atoms with van der Waals surface area (Å²) in [7, 11) is 1.61. The molecule has 1 aliphatic rings. The summed E-state index contributed by atoms with van der Waals surface area (Å²) in [6.45, 7) is 5.68. The largest absolute Gasteiger partial charge is 0.497 e. The molecule has 0 aromatic heterocycles. The summed E-state index contributed by atoms with van der Waals surface area (Å²) in [5, 5.41) is 9.43. The van der Waals surface area contributed by atoms with Gasteiger partial charge in [0.05, 0.1) is 7.11 Å². The lowest BCUT2D eigenvalue weighted by molar-refractivity contribution is -0.142. The Kier molecular flexibility index (Phi) is 5.36. The summed E-state index contributed by atoms with van der Waals surface area (Å²) >= 11 is 0. The molecule has 1 heterocycles. The van der Waals surface area contributed by atoms with Gasteiger partial charge in [-0.25, -0.2) is 9.59 Å². The Morgan fingerprint density at radius 2 is 2.04 bits per heavy atom. The van der Waals surface area contributed by atoms with E-state index in [1.165, 1.54) is 4.90 Å². The molecule has 2 unspecified atom stereocenters. The van der Waals surface area contributed by atoms with Gasteiger partial charge in [-0.05, 0) is 57.2 Å². The van der Waals surface area contributed by atoms with Crippen LogP contribution in [0.4, 0.5) is 4.79 Å². The van der Waals surface area contributed by atoms with Crippen molar-refractivity contribution in [1.82, 2.24) is 4.90 Å². The van der Waals surface area contributed by atoms with Crippen LogP contribution in [0.25, 0.3) is 0 Å². The predicted molar refractivity (Wildman–Crippen MR) is 89.2 cm³/mol. The van der Waals surface area contributed by atoms with E-state index in [1.807, 2.05) is 24.3 Å². The molecule has 1 aromatic rings. The molecule has 6 heteroatoms. The highest BCUT2D eigenvalue weighted by Gasteiger charge is 2.41. The standard InChI is InChI=1S/C18H25NO5/c1-18(2,3)24-17(22)19-11-13(10-15(19)16(20)21)8-12-6-5-7-14(9-12)23-4/h5-7,9,13,15H,8,10-11H2,1-4H3,(H,20,21). The van der Waals surface area contributed by atoms with Crippen LogP contribution in [0, 0.1) is 5.92 Å². The first-order valence-electron chi connectivity index (χ1n) is 8.05. The summed E-state index contributed by atoms with van der Waals surface area (Å²) < 4.78 is 10.6. The molecule has 2 atom stereocenters. The van der Waals surface area contributed by atoms with Gasteiger partial charge in [0.1, 0.15) is 17.4 Å². The van der Waals surface area contributed by atoms with Gasteiger partial charge < -0.3 is 14.6 Å². The van der Waals surface area contributed by atoms with Crippen LogP contribution in [0.2, 0.25) is 0 Å². The van der Waals surface area contributed by atoms with Crippen LogP contribution in [-0.4, -0.2) is 47.4 Å². The van der Waals surface area contributed by atoms with Crippen molar-refractivity contribution >= 4 is 12.1 Å². The molecule has 1 aliphatic heterocycles. The van der Waals surface area contributed by atoms with Gasteiger partial charge >= 0.3 is 12.1 Å². The van der Waals surface area contributed by atoms with Crippen LogP contribution in [0.5, 0.6) is 5.75 Å². The molecule has 0 bridgehead atoms. The average Bonchev–Trinajstić information content (AvgIpc) is 2.90. The number of carboxylic acids is 1. The second-order valence-electron chi connectivity index (χ2n) is 7.14. The van der Waals surface area contributed by atoms with Gasteiger partial charge in [0.15, 0.2) is 0 Å². The van der Waals surface area contributed by atoms with Crippen LogP contribution in [-0.2, 0) is 16.0 Å². The Hall–Kier alpha value is -2.24. The van der Waals surface area contributed by atoms with Crippen molar-refractivity contribution < 1.29 is 24.2 Å². The summed E-state index contributed by atoms with van der Waals surface area (Å²) in [6, 6.07) is 6.85. The van der Waals surface area contributed by atoms with Gasteiger partial charge in [-0.15, -0.1) is 0 Å². The molecule has 6 nitrogen and oxygen atoms in total. The number of aliphatic carboxylic acids is 1. The van der Waals surface area contributed by atoms with Gasteiger partial charge in [0.2, 0.25) is 0 Å². The highest BCUT2D eigenvalue weighted by molar-refractivity contribution is 5.81. The van der Waals surface area contributed by atoms with E-state index in [2.05, 4.69) is 0 Å². The van der Waals surface area contributed by atoms with E-state index in [4.69, 9.17) is 9.47 Å². The number of ether oxygens (including phenoxy) is 2. The van der Waals surface area contributed by atoms with Crippen LogP contribution in [0.1, 0.15) is 32.8 Å². The molecule has 132 valence electrons. The molecule has 24 heavy (non-hydrogen) atoms. The Bertz CT molecular complexity index is 608. The molecule has 2 rings (SSSR count). The highest BCUT2D eigenvalue weighted by Crippen LogP contribution is 2.29. The zero-order valence-electron chi connectivity index (χ0n) is 14.6. The van der Waals surface area contributed by atoms with Gasteiger partial charge in [-0.1, -0.05) is 12.1 Å². The normalized spacial score (nSPS) is 20.8. The summed E-state index contributed by atoms with van der Waals surface area (Å²) in [5.41, 5.74) is 0.417. The number of likely N-dealkylation sites (tertiary alicyclic amines) is 1. The SMILES string of the molecule is COc1cccc(CC2CC(C(=O)O)N(C(=O)OC(C)(C)C)C2)c1. The maximum Gasteiger partial charge on any atom is 0.411 e. The van der Waals surface area contributed by atoms with E-state index in [-0.39, 0.29) is 5.92 Å². The molecule has 0 saturated carbocycles. The number of rotatable bonds is 4. The maximum absolute atomic E-state index is 12.3. The van der Waals surface area contributed by atoms with Gasteiger partial charge in [-0.2, -0.15) is 0 Å². The third-order valence-corrected chi connectivity index (χ3v) is 3.96. The zero-order valence-corrected chi connectivity index (χ0v) is 14.6. The van der Waals surface area contributed by atoms with E-state index < -0.39 is 23.7 Å². The van der Waals surface area contributed by atoms with E-state index in [9.17, 15) is 14.7 Å². The molecule has 0 spiro atoms. The average molecular weight is 335 g/mol. The molecule has 0 radical (unpaired) electrons. The third-order valence-electron chi connectivity index (χ3n) is 3.96. The third kappa shape index (κ3) is 4.63. The van der Waals surface area contributed by atoms with Gasteiger partial charge in [0, 0.05) is 6.54 Å². The van der Waals surface area contributed by atoms with Crippen LogP contribution in [0.15, 0.2) is 24.3 Å². The molecule has 1 fully saturated rings. The van der Waals surface area contributed by atoms with E-state index >= 15 is 0 Å². The first-order chi connectivity index (χ1) is 11.2. The number of methoxy groups -OCH3 is 1. The van der Waals surface area contributed by atoms with Gasteiger partial charge in [0.25, 0.3) is 0 Å². The molecule has 0 aliphatic carbocycles. The summed E-state index contributed by atoms with van der Waals surface area (Å²) in [4.78, 5) is 25.1. The Labute approximate surface area is 142 Å². The molecular formula is C18H25NO5. The number of hydrogen-bond donors (Lipinski definition) is 1. The molecule has 1 aromatic carbocycles. The second-order valence-corrected chi connectivity index (χ2v) is 7.14. The Morgan fingerprint density at radius 1 is 1.33 bits per heavy atom. The lowest BCUT2D eigenvalue weighted by Crippen LogP contribution is -2.43. The van der Waals surface area contributed by atoms with Crippen molar-refractivity contribution in [3.63, 3.8) is 0 Å². The number of nitrogens with zero attached hydrogens (tertiary/aromatic N) is 1. The highest BCUT2D eigenvalue weighted by atomic mass is 16.6. The lowest BCUT2D eigenvalue weighted by Gasteiger charge is -2.26. The molecule has 1 saturated heterocycles. The van der Waals surface area contributed by atoms with Crippen molar-refractivity contribution in [2.75, 3.05) is 13.7 Å². The number of carbonyl (C=O) groups excluding carboxylic acids is 1. The van der Waals surface area contributed by atoms with E-state index in [0.29, 0.717) is 19.4 Å². The molecular weight excluding hydrogens is 310 g/mol. The zero-order chi connectivity index (χ0) is 17.9. The quantitative estimate of drug-likeness (QED) is 0.915. The first kappa shape index (κ1) is 18.1. The summed E-state index contributed by atoms with van der Waals surface area (Å²) in [6.07, 6.45) is 0.550.